The van der Waals surface area contributed by atoms with Gasteiger partial charge in [0.15, 0.2) is 0 Å². The third-order valence-electron chi connectivity index (χ3n) is 2.87. The number of nitrogens with one attached hydrogen (secondary N) is 2. The van der Waals surface area contributed by atoms with Gasteiger partial charge in [0.05, 0.1) is 17.6 Å². The molecule has 0 aliphatic carbocycles. The van der Waals surface area contributed by atoms with Gasteiger partial charge in [-0.2, -0.15) is 10.2 Å². The highest BCUT2D eigenvalue weighted by Gasteiger charge is 2.12. The molecule has 0 saturated heterocycles. The zero-order chi connectivity index (χ0) is 13.1. The number of nitrogens with zero attached hydrogens (tertiary/aromatic N) is 3. The minimum absolute atomic E-state index is 0.653. The predicted molar refractivity (Wildman–Crippen MR) is 72.1 cm³/mol. The van der Waals surface area contributed by atoms with Crippen molar-refractivity contribution in [2.24, 2.45) is 13.0 Å². The molecule has 0 atom stereocenters. The first-order valence-corrected chi connectivity index (χ1v) is 6.31. The van der Waals surface area contributed by atoms with Gasteiger partial charge < -0.3 is 5.32 Å². The maximum absolute atomic E-state index is 4.37. The first-order chi connectivity index (χ1) is 8.58. The molecule has 0 aromatic carbocycles. The smallest absolute Gasteiger partial charge is 0.0729 e. The molecule has 98 valence electrons. The van der Waals surface area contributed by atoms with Gasteiger partial charge in [-0.1, -0.05) is 13.8 Å². The summed E-state index contributed by atoms with van der Waals surface area (Å²) in [5.41, 5.74) is 4.40. The molecule has 5 heteroatoms. The van der Waals surface area contributed by atoms with Crippen LogP contribution in [-0.2, 0) is 13.6 Å². The van der Waals surface area contributed by atoms with Crippen molar-refractivity contribution in [3.05, 3.63) is 23.7 Å². The minimum Gasteiger partial charge on any atom is -0.312 e. The van der Waals surface area contributed by atoms with Crippen LogP contribution in [0.15, 0.2) is 12.4 Å². The number of hydrogen-bond acceptors (Lipinski definition) is 3. The van der Waals surface area contributed by atoms with Gasteiger partial charge in [-0.3, -0.25) is 9.78 Å². The van der Waals surface area contributed by atoms with Gasteiger partial charge in [-0.15, -0.1) is 0 Å². The van der Waals surface area contributed by atoms with Crippen molar-refractivity contribution < 1.29 is 0 Å². The fraction of sp³-hybridized carbons (Fsp3) is 0.538. The molecule has 0 radical (unpaired) electrons. The first-order valence-electron chi connectivity index (χ1n) is 6.31. The third-order valence-corrected chi connectivity index (χ3v) is 2.87. The Labute approximate surface area is 108 Å². The summed E-state index contributed by atoms with van der Waals surface area (Å²) >= 11 is 0. The Morgan fingerprint density at radius 3 is 2.83 bits per heavy atom. The van der Waals surface area contributed by atoms with Gasteiger partial charge in [0.25, 0.3) is 0 Å². The van der Waals surface area contributed by atoms with Crippen LogP contribution < -0.4 is 5.32 Å². The summed E-state index contributed by atoms with van der Waals surface area (Å²) in [7, 11) is 1.93. The molecule has 2 aromatic heterocycles. The Balaban J connectivity index is 2.15. The molecular formula is C13H21N5. The van der Waals surface area contributed by atoms with E-state index >= 15 is 0 Å². The molecular weight excluding hydrogens is 226 g/mol. The summed E-state index contributed by atoms with van der Waals surface area (Å²) in [4.78, 5) is 0. The van der Waals surface area contributed by atoms with E-state index in [-0.39, 0.29) is 0 Å². The maximum atomic E-state index is 4.37. The molecule has 5 nitrogen and oxygen atoms in total. The number of rotatable bonds is 5. The van der Waals surface area contributed by atoms with Gasteiger partial charge in [0.1, 0.15) is 0 Å². The Morgan fingerprint density at radius 2 is 2.22 bits per heavy atom. The van der Waals surface area contributed by atoms with Crippen molar-refractivity contribution in [3.63, 3.8) is 0 Å². The normalized spacial score (nSPS) is 11.4. The van der Waals surface area contributed by atoms with Crippen molar-refractivity contribution in [1.82, 2.24) is 25.3 Å². The lowest BCUT2D eigenvalue weighted by Gasteiger charge is -2.07. The van der Waals surface area contributed by atoms with E-state index in [0.29, 0.717) is 5.92 Å². The van der Waals surface area contributed by atoms with Crippen LogP contribution in [0.2, 0.25) is 0 Å². The van der Waals surface area contributed by atoms with E-state index < -0.39 is 0 Å². The average molecular weight is 247 g/mol. The molecule has 2 aromatic rings. The second-order valence-electron chi connectivity index (χ2n) is 5.10. The van der Waals surface area contributed by atoms with Crippen LogP contribution in [0.5, 0.6) is 0 Å². The van der Waals surface area contributed by atoms with E-state index in [1.165, 1.54) is 5.56 Å². The molecule has 2 N–H and O–H groups in total. The lowest BCUT2D eigenvalue weighted by molar-refractivity contribution is 0.553. The fourth-order valence-corrected chi connectivity index (χ4v) is 2.02. The highest BCUT2D eigenvalue weighted by atomic mass is 15.3. The SMILES string of the molecule is Cc1nn(C)cc1-c1[nH]ncc1CNCC(C)C. The summed E-state index contributed by atoms with van der Waals surface area (Å²) < 4.78 is 1.83. The first kappa shape index (κ1) is 12.8. The molecule has 2 rings (SSSR count). The molecule has 0 aliphatic rings. The van der Waals surface area contributed by atoms with Gasteiger partial charge in [0.2, 0.25) is 0 Å². The summed E-state index contributed by atoms with van der Waals surface area (Å²) in [6.07, 6.45) is 3.91. The van der Waals surface area contributed by atoms with Crippen molar-refractivity contribution in [3.8, 4) is 11.3 Å². The van der Waals surface area contributed by atoms with Crippen molar-refractivity contribution >= 4 is 0 Å². The number of aromatic amines is 1. The summed E-state index contributed by atoms with van der Waals surface area (Å²) in [5, 5.41) is 15.0. The monoisotopic (exact) mass is 247 g/mol. The molecule has 0 unspecified atom stereocenters. The lowest BCUT2D eigenvalue weighted by atomic mass is 10.1. The zero-order valence-electron chi connectivity index (χ0n) is 11.5. The molecule has 0 fully saturated rings. The van der Waals surface area contributed by atoms with Gasteiger partial charge >= 0.3 is 0 Å². The Kier molecular flexibility index (Phi) is 3.81. The summed E-state index contributed by atoms with van der Waals surface area (Å²) in [5.74, 6) is 0.653. The molecule has 0 amide bonds. The van der Waals surface area contributed by atoms with Crippen molar-refractivity contribution in [1.29, 1.82) is 0 Å². The molecule has 2 heterocycles. The number of hydrogen-bond donors (Lipinski definition) is 2. The van der Waals surface area contributed by atoms with Crippen LogP contribution in [0.1, 0.15) is 25.1 Å². The number of aryl methyl sites for hydroxylation is 2. The van der Waals surface area contributed by atoms with Crippen molar-refractivity contribution in [2.75, 3.05) is 6.54 Å². The Hall–Kier alpha value is -1.62. The second-order valence-corrected chi connectivity index (χ2v) is 5.10. The minimum atomic E-state index is 0.653. The third kappa shape index (κ3) is 2.79. The lowest BCUT2D eigenvalue weighted by Crippen LogP contribution is -2.19. The summed E-state index contributed by atoms with van der Waals surface area (Å²) in [6.45, 7) is 8.26. The van der Waals surface area contributed by atoms with Crippen LogP contribution in [0.3, 0.4) is 0 Å². The van der Waals surface area contributed by atoms with Crippen LogP contribution in [0.25, 0.3) is 11.3 Å². The molecule has 0 spiro atoms. The molecule has 0 aliphatic heterocycles. The van der Waals surface area contributed by atoms with E-state index in [2.05, 4.69) is 34.5 Å². The molecule has 0 bridgehead atoms. The Bertz CT molecular complexity index is 509. The number of aromatic nitrogens is 4. The van der Waals surface area contributed by atoms with Gasteiger partial charge in [0, 0.05) is 30.9 Å². The topological polar surface area (TPSA) is 58.5 Å². The average Bonchev–Trinajstić information content (AvgIpc) is 2.84. The predicted octanol–water partition coefficient (Wildman–Crippen LogP) is 1.86. The van der Waals surface area contributed by atoms with E-state index in [1.54, 1.807) is 0 Å². The van der Waals surface area contributed by atoms with Crippen LogP contribution in [0, 0.1) is 12.8 Å². The van der Waals surface area contributed by atoms with Crippen molar-refractivity contribution in [2.45, 2.75) is 27.3 Å². The second kappa shape index (κ2) is 5.35. The highest BCUT2D eigenvalue weighted by Crippen LogP contribution is 2.23. The zero-order valence-corrected chi connectivity index (χ0v) is 11.5. The largest absolute Gasteiger partial charge is 0.312 e. The summed E-state index contributed by atoms with van der Waals surface area (Å²) in [6, 6.07) is 0. The van der Waals surface area contributed by atoms with Gasteiger partial charge in [-0.05, 0) is 19.4 Å². The molecule has 0 saturated carbocycles. The van der Waals surface area contributed by atoms with E-state index in [9.17, 15) is 0 Å². The van der Waals surface area contributed by atoms with Crippen LogP contribution >= 0.6 is 0 Å². The quantitative estimate of drug-likeness (QED) is 0.848. The van der Waals surface area contributed by atoms with Gasteiger partial charge in [-0.25, -0.2) is 0 Å². The van der Waals surface area contributed by atoms with Crippen LogP contribution in [0.4, 0.5) is 0 Å². The number of H-pyrrole nitrogens is 1. The van der Waals surface area contributed by atoms with E-state index in [1.807, 2.05) is 31.0 Å². The fourth-order valence-electron chi connectivity index (χ4n) is 2.02. The molecule has 18 heavy (non-hydrogen) atoms. The maximum Gasteiger partial charge on any atom is 0.0729 e. The highest BCUT2D eigenvalue weighted by molar-refractivity contribution is 5.64. The van der Waals surface area contributed by atoms with E-state index in [0.717, 1.165) is 30.0 Å². The standard InChI is InChI=1S/C13H21N5/c1-9(2)5-14-6-11-7-15-16-13(11)12-8-18(4)17-10(12)3/h7-9,14H,5-6H2,1-4H3,(H,15,16). The van der Waals surface area contributed by atoms with Crippen LogP contribution in [-0.4, -0.2) is 26.5 Å². The Morgan fingerprint density at radius 1 is 1.44 bits per heavy atom. The van der Waals surface area contributed by atoms with E-state index in [4.69, 9.17) is 0 Å².